The van der Waals surface area contributed by atoms with Crippen molar-refractivity contribution in [2.24, 2.45) is 0 Å². The quantitative estimate of drug-likeness (QED) is 0.319. The number of allylic oxidation sites excluding steroid dienone is 1. The van der Waals surface area contributed by atoms with Crippen LogP contribution >= 0.6 is 0 Å². The van der Waals surface area contributed by atoms with E-state index in [4.69, 9.17) is 14.6 Å². The van der Waals surface area contributed by atoms with Crippen LogP contribution in [-0.2, 0) is 16.0 Å². The molecule has 0 aliphatic carbocycles. The van der Waals surface area contributed by atoms with Gasteiger partial charge in [-0.3, -0.25) is 4.79 Å². The molecule has 1 amide bonds. The van der Waals surface area contributed by atoms with Crippen LogP contribution in [0.4, 0.5) is 5.69 Å². The summed E-state index contributed by atoms with van der Waals surface area (Å²) in [6.45, 7) is 7.76. The van der Waals surface area contributed by atoms with Crippen molar-refractivity contribution in [3.8, 4) is 17.6 Å². The molecule has 182 valence electrons. The molecule has 0 bridgehead atoms. The highest BCUT2D eigenvalue weighted by Gasteiger charge is 2.24. The SMILES string of the molecule is C=CCc1cc(/C=C(/C#N)C(=O)N2CCN(c3ccccc3)CC2)cc(OCC)c1OCC(=O)O. The monoisotopic (exact) mass is 475 g/mol. The van der Waals surface area contributed by atoms with Crippen LogP contribution in [0.25, 0.3) is 6.08 Å². The van der Waals surface area contributed by atoms with Gasteiger partial charge in [0.15, 0.2) is 18.1 Å². The standard InChI is InChI=1S/C27H29N3O5/c1-3-8-21-15-20(17-24(34-4-2)26(21)35-19-25(31)32)16-22(18-28)27(33)30-13-11-29(12-14-30)23-9-6-5-7-10-23/h3,5-7,9-10,15-17H,1,4,8,11-14,19H2,2H3,(H,31,32)/b22-16-. The van der Waals surface area contributed by atoms with Crippen LogP contribution in [0, 0.1) is 11.3 Å². The number of rotatable bonds is 10. The van der Waals surface area contributed by atoms with Gasteiger partial charge in [-0.25, -0.2) is 4.79 Å². The Bertz CT molecular complexity index is 1130. The van der Waals surface area contributed by atoms with Crippen LogP contribution in [0.15, 0.2) is 60.7 Å². The molecule has 0 unspecified atom stereocenters. The van der Waals surface area contributed by atoms with E-state index in [0.717, 1.165) is 5.69 Å². The first-order valence-corrected chi connectivity index (χ1v) is 11.4. The van der Waals surface area contributed by atoms with E-state index in [1.807, 2.05) is 36.4 Å². The summed E-state index contributed by atoms with van der Waals surface area (Å²) in [5, 5.41) is 18.8. The molecule has 35 heavy (non-hydrogen) atoms. The highest BCUT2D eigenvalue weighted by Crippen LogP contribution is 2.35. The number of benzene rings is 2. The molecule has 0 saturated carbocycles. The number of aliphatic carboxylic acids is 1. The summed E-state index contributed by atoms with van der Waals surface area (Å²) in [5.41, 5.74) is 2.36. The molecule has 1 heterocycles. The van der Waals surface area contributed by atoms with Gasteiger partial charge in [0.2, 0.25) is 0 Å². The molecule has 2 aromatic carbocycles. The number of nitrogens with zero attached hydrogens (tertiary/aromatic N) is 3. The van der Waals surface area contributed by atoms with E-state index < -0.39 is 12.6 Å². The van der Waals surface area contributed by atoms with E-state index in [2.05, 4.69) is 11.5 Å². The van der Waals surface area contributed by atoms with Gasteiger partial charge >= 0.3 is 5.97 Å². The number of nitriles is 1. The van der Waals surface area contributed by atoms with Gasteiger partial charge in [-0.1, -0.05) is 24.3 Å². The van der Waals surface area contributed by atoms with E-state index in [1.165, 1.54) is 6.08 Å². The Hall–Kier alpha value is -4.25. The third kappa shape index (κ3) is 6.64. The summed E-state index contributed by atoms with van der Waals surface area (Å²) in [6, 6.07) is 15.4. The van der Waals surface area contributed by atoms with Gasteiger partial charge in [-0.05, 0) is 49.2 Å². The topological polar surface area (TPSA) is 103 Å². The molecule has 0 spiro atoms. The van der Waals surface area contributed by atoms with Crippen molar-refractivity contribution in [1.29, 1.82) is 5.26 Å². The Morgan fingerprint density at radius 3 is 2.46 bits per heavy atom. The van der Waals surface area contributed by atoms with Crippen molar-refractivity contribution in [3.05, 3.63) is 71.8 Å². The molecule has 1 saturated heterocycles. The molecule has 0 atom stereocenters. The van der Waals surface area contributed by atoms with E-state index >= 15 is 0 Å². The molecule has 1 aliphatic heterocycles. The third-order valence-corrected chi connectivity index (χ3v) is 5.51. The summed E-state index contributed by atoms with van der Waals surface area (Å²) in [5.74, 6) is -0.769. The second-order valence-electron chi connectivity index (χ2n) is 7.90. The maximum atomic E-state index is 13.1. The summed E-state index contributed by atoms with van der Waals surface area (Å²) >= 11 is 0. The van der Waals surface area contributed by atoms with E-state index in [-0.39, 0.29) is 11.5 Å². The number of hydrogen-bond acceptors (Lipinski definition) is 6. The smallest absolute Gasteiger partial charge is 0.341 e. The highest BCUT2D eigenvalue weighted by atomic mass is 16.5. The van der Waals surface area contributed by atoms with Gasteiger partial charge < -0.3 is 24.4 Å². The van der Waals surface area contributed by atoms with Gasteiger partial charge in [0.1, 0.15) is 11.6 Å². The predicted molar refractivity (Wildman–Crippen MR) is 133 cm³/mol. The first kappa shape index (κ1) is 25.4. The number of carbonyl (C=O) groups is 2. The maximum Gasteiger partial charge on any atom is 0.341 e. The second-order valence-corrected chi connectivity index (χ2v) is 7.90. The maximum absolute atomic E-state index is 13.1. The first-order chi connectivity index (χ1) is 17.0. The fourth-order valence-electron chi connectivity index (χ4n) is 3.92. The van der Waals surface area contributed by atoms with E-state index in [9.17, 15) is 14.9 Å². The normalized spacial score (nSPS) is 13.7. The Labute approximate surface area is 205 Å². The van der Waals surface area contributed by atoms with Crippen molar-refractivity contribution < 1.29 is 24.2 Å². The van der Waals surface area contributed by atoms with Gasteiger partial charge in [-0.2, -0.15) is 5.26 Å². The molecule has 8 nitrogen and oxygen atoms in total. The van der Waals surface area contributed by atoms with Crippen molar-refractivity contribution >= 4 is 23.6 Å². The molecule has 2 aromatic rings. The van der Waals surface area contributed by atoms with Gasteiger partial charge in [0.25, 0.3) is 5.91 Å². The van der Waals surface area contributed by atoms with Gasteiger partial charge in [-0.15, -0.1) is 6.58 Å². The fourth-order valence-corrected chi connectivity index (χ4v) is 3.92. The van der Waals surface area contributed by atoms with E-state index in [0.29, 0.717) is 61.8 Å². The molecule has 8 heteroatoms. The lowest BCUT2D eigenvalue weighted by Crippen LogP contribution is -2.49. The summed E-state index contributed by atoms with van der Waals surface area (Å²) in [6.07, 6.45) is 3.59. The summed E-state index contributed by atoms with van der Waals surface area (Å²) < 4.78 is 11.2. The zero-order valence-corrected chi connectivity index (χ0v) is 19.8. The molecule has 1 aliphatic rings. The van der Waals surface area contributed by atoms with E-state index in [1.54, 1.807) is 30.0 Å². The molecular formula is C27H29N3O5. The molecular weight excluding hydrogens is 446 g/mol. The number of carboxylic acids is 1. The van der Waals surface area contributed by atoms with Crippen LogP contribution in [0.2, 0.25) is 0 Å². The Kier molecular flexibility index (Phi) is 8.90. The third-order valence-electron chi connectivity index (χ3n) is 5.51. The average Bonchev–Trinajstić information content (AvgIpc) is 2.87. The number of piperazine rings is 1. The number of anilines is 1. The summed E-state index contributed by atoms with van der Waals surface area (Å²) in [7, 11) is 0. The number of hydrogen-bond donors (Lipinski definition) is 1. The predicted octanol–water partition coefficient (Wildman–Crippen LogP) is 3.53. The average molecular weight is 476 g/mol. The zero-order chi connectivity index (χ0) is 25.2. The van der Waals surface area contributed by atoms with Gasteiger partial charge in [0, 0.05) is 37.4 Å². The lowest BCUT2D eigenvalue weighted by atomic mass is 10.0. The van der Waals surface area contributed by atoms with Crippen molar-refractivity contribution in [1.82, 2.24) is 4.90 Å². The van der Waals surface area contributed by atoms with Crippen LogP contribution in [0.3, 0.4) is 0 Å². The lowest BCUT2D eigenvalue weighted by molar-refractivity contribution is -0.139. The summed E-state index contributed by atoms with van der Waals surface area (Å²) in [4.78, 5) is 28.0. The van der Waals surface area contributed by atoms with Gasteiger partial charge in [0.05, 0.1) is 6.61 Å². The minimum Gasteiger partial charge on any atom is -0.490 e. The number of amides is 1. The second kappa shape index (κ2) is 12.3. The molecule has 3 rings (SSSR count). The van der Waals surface area contributed by atoms with Crippen LogP contribution in [0.5, 0.6) is 11.5 Å². The number of carbonyl (C=O) groups excluding carboxylic acids is 1. The number of carboxylic acid groups (broad SMARTS) is 1. The van der Waals surface area contributed by atoms with Crippen LogP contribution < -0.4 is 14.4 Å². The van der Waals surface area contributed by atoms with Crippen molar-refractivity contribution in [2.45, 2.75) is 13.3 Å². The molecule has 1 fully saturated rings. The van der Waals surface area contributed by atoms with Crippen LogP contribution in [-0.4, -0.2) is 61.3 Å². The fraction of sp³-hybridized carbons (Fsp3) is 0.296. The lowest BCUT2D eigenvalue weighted by Gasteiger charge is -2.36. The molecule has 1 N–H and O–H groups in total. The first-order valence-electron chi connectivity index (χ1n) is 11.4. The zero-order valence-electron chi connectivity index (χ0n) is 19.8. The minimum atomic E-state index is -1.11. The molecule has 0 aromatic heterocycles. The molecule has 0 radical (unpaired) electrons. The Morgan fingerprint density at radius 2 is 1.86 bits per heavy atom. The minimum absolute atomic E-state index is 0.0179. The van der Waals surface area contributed by atoms with Crippen molar-refractivity contribution in [3.63, 3.8) is 0 Å². The largest absolute Gasteiger partial charge is 0.490 e. The number of para-hydroxylation sites is 1. The number of ether oxygens (including phenoxy) is 2. The van der Waals surface area contributed by atoms with Crippen molar-refractivity contribution in [2.75, 3.05) is 44.3 Å². The Morgan fingerprint density at radius 1 is 1.14 bits per heavy atom. The Balaban J connectivity index is 1.82. The highest BCUT2D eigenvalue weighted by molar-refractivity contribution is 6.02. The van der Waals surface area contributed by atoms with Crippen LogP contribution in [0.1, 0.15) is 18.1 Å².